The first-order chi connectivity index (χ1) is 9.16. The van der Waals surface area contributed by atoms with Crippen LogP contribution in [0.1, 0.15) is 38.1 Å². The van der Waals surface area contributed by atoms with E-state index in [9.17, 15) is 9.59 Å². The summed E-state index contributed by atoms with van der Waals surface area (Å²) in [5.74, 6) is -0.409. The third-order valence-electron chi connectivity index (χ3n) is 3.85. The van der Waals surface area contributed by atoms with Gasteiger partial charge in [0.1, 0.15) is 0 Å². The highest BCUT2D eigenvalue weighted by Crippen LogP contribution is 2.33. The van der Waals surface area contributed by atoms with Crippen molar-refractivity contribution in [2.75, 3.05) is 11.4 Å². The van der Waals surface area contributed by atoms with Crippen molar-refractivity contribution in [3.63, 3.8) is 0 Å². The minimum absolute atomic E-state index is 0.0689. The molecule has 0 bridgehead atoms. The summed E-state index contributed by atoms with van der Waals surface area (Å²) >= 11 is 0. The maximum atomic E-state index is 12.4. The smallest absolute Gasteiger partial charge is 0.305 e. The molecule has 2 heterocycles. The lowest BCUT2D eigenvalue weighted by atomic mass is 10.1. The van der Waals surface area contributed by atoms with Crippen molar-refractivity contribution in [1.29, 1.82) is 0 Å². The number of rotatable bonds is 4. The topological polar surface area (TPSA) is 75.4 Å². The van der Waals surface area contributed by atoms with Crippen molar-refractivity contribution < 1.29 is 9.90 Å². The Morgan fingerprint density at radius 3 is 2.89 bits per heavy atom. The molecule has 19 heavy (non-hydrogen) atoms. The molecule has 6 heteroatoms. The van der Waals surface area contributed by atoms with Gasteiger partial charge in [-0.1, -0.05) is 0 Å². The maximum Gasteiger partial charge on any atom is 0.305 e. The second kappa shape index (κ2) is 4.68. The second-order valence-corrected chi connectivity index (χ2v) is 5.28. The average molecular weight is 263 g/mol. The van der Waals surface area contributed by atoms with Crippen LogP contribution in [0.4, 0.5) is 5.82 Å². The summed E-state index contributed by atoms with van der Waals surface area (Å²) in [7, 11) is 0. The van der Waals surface area contributed by atoms with Crippen LogP contribution in [0.25, 0.3) is 0 Å². The SMILES string of the molecule is O=C(O)CC1CCCN1c1nccn(C2CC2)c1=O. The van der Waals surface area contributed by atoms with Crippen LogP contribution in [-0.4, -0.2) is 33.2 Å². The molecule has 3 rings (SSSR count). The van der Waals surface area contributed by atoms with E-state index < -0.39 is 5.97 Å². The van der Waals surface area contributed by atoms with E-state index in [1.54, 1.807) is 17.0 Å². The van der Waals surface area contributed by atoms with Gasteiger partial charge < -0.3 is 14.6 Å². The van der Waals surface area contributed by atoms with Gasteiger partial charge in [-0.2, -0.15) is 0 Å². The van der Waals surface area contributed by atoms with Gasteiger partial charge in [-0.3, -0.25) is 9.59 Å². The molecule has 0 spiro atoms. The van der Waals surface area contributed by atoms with E-state index in [1.807, 2.05) is 4.90 Å². The molecular formula is C13H17N3O3. The molecule has 6 nitrogen and oxygen atoms in total. The Hall–Kier alpha value is -1.85. The lowest BCUT2D eigenvalue weighted by Gasteiger charge is -2.24. The maximum absolute atomic E-state index is 12.4. The van der Waals surface area contributed by atoms with Gasteiger partial charge in [0.15, 0.2) is 5.82 Å². The Kier molecular flexibility index (Phi) is 3.00. The monoisotopic (exact) mass is 263 g/mol. The van der Waals surface area contributed by atoms with Crippen molar-refractivity contribution in [2.24, 2.45) is 0 Å². The first kappa shape index (κ1) is 12.2. The van der Waals surface area contributed by atoms with Gasteiger partial charge in [-0.05, 0) is 25.7 Å². The molecule has 1 aliphatic heterocycles. The Labute approximate surface area is 110 Å². The summed E-state index contributed by atoms with van der Waals surface area (Å²) in [6.45, 7) is 0.717. The van der Waals surface area contributed by atoms with Crippen molar-refractivity contribution >= 4 is 11.8 Å². The van der Waals surface area contributed by atoms with Crippen LogP contribution >= 0.6 is 0 Å². The Morgan fingerprint density at radius 2 is 2.21 bits per heavy atom. The third kappa shape index (κ3) is 2.34. The van der Waals surface area contributed by atoms with Crippen LogP contribution in [-0.2, 0) is 4.79 Å². The summed E-state index contributed by atoms with van der Waals surface area (Å²) in [4.78, 5) is 29.3. The Bertz CT molecular complexity index is 550. The number of anilines is 1. The summed E-state index contributed by atoms with van der Waals surface area (Å²) in [5, 5.41) is 8.93. The van der Waals surface area contributed by atoms with Crippen LogP contribution < -0.4 is 10.5 Å². The van der Waals surface area contributed by atoms with Gasteiger partial charge in [0.25, 0.3) is 5.56 Å². The summed E-state index contributed by atoms with van der Waals surface area (Å²) in [6, 6.07) is 0.211. The van der Waals surface area contributed by atoms with Crippen molar-refractivity contribution in [3.05, 3.63) is 22.7 Å². The van der Waals surface area contributed by atoms with Crippen LogP contribution in [0.2, 0.25) is 0 Å². The number of hydrogen-bond acceptors (Lipinski definition) is 4. The summed E-state index contributed by atoms with van der Waals surface area (Å²) < 4.78 is 1.73. The lowest BCUT2D eigenvalue weighted by molar-refractivity contribution is -0.137. The molecule has 1 saturated carbocycles. The number of carbonyl (C=O) groups is 1. The van der Waals surface area contributed by atoms with Crippen LogP contribution in [0.15, 0.2) is 17.2 Å². The zero-order valence-corrected chi connectivity index (χ0v) is 10.7. The molecule has 0 aromatic carbocycles. The minimum Gasteiger partial charge on any atom is -0.481 e. The second-order valence-electron chi connectivity index (χ2n) is 5.28. The molecule has 1 unspecified atom stereocenters. The molecule has 0 radical (unpaired) electrons. The summed E-state index contributed by atoms with van der Waals surface area (Å²) in [6.07, 6.45) is 7.25. The van der Waals surface area contributed by atoms with Crippen LogP contribution in [0, 0.1) is 0 Å². The Morgan fingerprint density at radius 1 is 1.42 bits per heavy atom. The predicted octanol–water partition coefficient (Wildman–Crippen LogP) is 1.02. The van der Waals surface area contributed by atoms with E-state index in [2.05, 4.69) is 4.98 Å². The van der Waals surface area contributed by atoms with E-state index >= 15 is 0 Å². The van der Waals surface area contributed by atoms with Gasteiger partial charge in [0.05, 0.1) is 6.42 Å². The zero-order chi connectivity index (χ0) is 13.4. The number of nitrogens with zero attached hydrogens (tertiary/aromatic N) is 3. The normalized spacial score (nSPS) is 22.7. The van der Waals surface area contributed by atoms with Gasteiger partial charge in [0.2, 0.25) is 0 Å². The number of carboxylic acids is 1. The molecule has 1 aliphatic carbocycles. The van der Waals surface area contributed by atoms with Crippen molar-refractivity contribution in [1.82, 2.24) is 9.55 Å². The highest BCUT2D eigenvalue weighted by molar-refractivity contribution is 5.68. The fraction of sp³-hybridized carbons (Fsp3) is 0.615. The van der Waals surface area contributed by atoms with E-state index in [0.29, 0.717) is 11.9 Å². The first-order valence-electron chi connectivity index (χ1n) is 6.72. The van der Waals surface area contributed by atoms with E-state index in [-0.39, 0.29) is 18.0 Å². The standard InChI is InChI=1S/C13H17N3O3/c17-11(18)8-10-2-1-6-15(10)12-13(19)16(7-5-14-12)9-3-4-9/h5,7,9-10H,1-4,6,8H2,(H,17,18). The summed E-state index contributed by atoms with van der Waals surface area (Å²) in [5.41, 5.74) is -0.0812. The molecule has 2 fully saturated rings. The molecule has 1 N–H and O–H groups in total. The molecule has 1 atom stereocenters. The lowest BCUT2D eigenvalue weighted by Crippen LogP contribution is -2.37. The van der Waals surface area contributed by atoms with Gasteiger partial charge in [-0.15, -0.1) is 0 Å². The van der Waals surface area contributed by atoms with E-state index in [1.165, 1.54) is 0 Å². The highest BCUT2D eigenvalue weighted by atomic mass is 16.4. The highest BCUT2D eigenvalue weighted by Gasteiger charge is 2.31. The number of hydrogen-bond donors (Lipinski definition) is 1. The predicted molar refractivity (Wildman–Crippen MR) is 69.4 cm³/mol. The van der Waals surface area contributed by atoms with E-state index in [0.717, 1.165) is 32.2 Å². The minimum atomic E-state index is -0.824. The van der Waals surface area contributed by atoms with Crippen LogP contribution in [0.3, 0.4) is 0 Å². The number of aliphatic carboxylic acids is 1. The van der Waals surface area contributed by atoms with E-state index in [4.69, 9.17) is 5.11 Å². The molecule has 1 aromatic rings. The number of carboxylic acid groups (broad SMARTS) is 1. The largest absolute Gasteiger partial charge is 0.481 e. The molecule has 1 saturated heterocycles. The number of aromatic nitrogens is 2. The van der Waals surface area contributed by atoms with Gasteiger partial charge >= 0.3 is 5.97 Å². The van der Waals surface area contributed by atoms with Crippen molar-refractivity contribution in [3.8, 4) is 0 Å². The molecule has 102 valence electrons. The van der Waals surface area contributed by atoms with Gasteiger partial charge in [-0.25, -0.2) is 4.98 Å². The fourth-order valence-corrected chi connectivity index (χ4v) is 2.78. The molecule has 0 amide bonds. The van der Waals surface area contributed by atoms with Gasteiger partial charge in [0, 0.05) is 31.0 Å². The zero-order valence-electron chi connectivity index (χ0n) is 10.7. The fourth-order valence-electron chi connectivity index (χ4n) is 2.78. The Balaban J connectivity index is 1.90. The third-order valence-corrected chi connectivity index (χ3v) is 3.85. The molecule has 1 aromatic heterocycles. The van der Waals surface area contributed by atoms with Crippen LogP contribution in [0.5, 0.6) is 0 Å². The first-order valence-corrected chi connectivity index (χ1v) is 6.72. The average Bonchev–Trinajstić information content (AvgIpc) is 3.11. The quantitative estimate of drug-likeness (QED) is 0.877. The molecular weight excluding hydrogens is 246 g/mol. The molecule has 2 aliphatic rings. The van der Waals surface area contributed by atoms with Crippen molar-refractivity contribution in [2.45, 2.75) is 44.2 Å².